The highest BCUT2D eigenvalue weighted by molar-refractivity contribution is 5.89. The third kappa shape index (κ3) is 2.06. The van der Waals surface area contributed by atoms with Gasteiger partial charge in [0, 0.05) is 5.41 Å². The van der Waals surface area contributed by atoms with E-state index in [0.29, 0.717) is 5.78 Å². The number of hydrogen-bond acceptors (Lipinski definition) is 2. The van der Waals surface area contributed by atoms with Gasteiger partial charge in [-0.2, -0.15) is 0 Å². The number of Topliss-reactive ketones (excluding diaryl/α,β-unsaturated/α-hetero) is 1. The maximum atomic E-state index is 13.3. The Hall–Kier alpha value is -0.370. The van der Waals surface area contributed by atoms with Gasteiger partial charge in [0.2, 0.25) is 0 Å². The summed E-state index contributed by atoms with van der Waals surface area (Å²) in [6.07, 6.45) is 11.9. The van der Waals surface area contributed by atoms with Crippen LogP contribution in [0.2, 0.25) is 0 Å². The second-order valence-electron chi connectivity index (χ2n) is 8.33. The van der Waals surface area contributed by atoms with Crippen molar-refractivity contribution in [2.45, 2.75) is 70.8 Å². The molecule has 20 heavy (non-hydrogen) atoms. The summed E-state index contributed by atoms with van der Waals surface area (Å²) in [5, 5.41) is 0. The van der Waals surface area contributed by atoms with Crippen molar-refractivity contribution in [1.82, 2.24) is 4.90 Å². The summed E-state index contributed by atoms with van der Waals surface area (Å²) in [5.74, 6) is 3.29. The topological polar surface area (TPSA) is 20.3 Å². The van der Waals surface area contributed by atoms with Gasteiger partial charge in [0.05, 0.1) is 6.04 Å². The highest BCUT2D eigenvalue weighted by atomic mass is 16.1. The molecule has 1 atom stereocenters. The van der Waals surface area contributed by atoms with Gasteiger partial charge in [0.25, 0.3) is 0 Å². The van der Waals surface area contributed by atoms with E-state index in [0.717, 1.165) is 30.8 Å². The lowest BCUT2D eigenvalue weighted by Gasteiger charge is -2.57. The Kier molecular flexibility index (Phi) is 3.21. The Morgan fingerprint density at radius 2 is 1.45 bits per heavy atom. The van der Waals surface area contributed by atoms with E-state index in [4.69, 9.17) is 0 Å². The molecule has 4 bridgehead atoms. The van der Waals surface area contributed by atoms with Gasteiger partial charge >= 0.3 is 0 Å². The van der Waals surface area contributed by atoms with E-state index < -0.39 is 0 Å². The summed E-state index contributed by atoms with van der Waals surface area (Å²) in [6.45, 7) is 4.50. The summed E-state index contributed by atoms with van der Waals surface area (Å²) in [5.41, 5.74) is 0.103. The quantitative estimate of drug-likeness (QED) is 0.783. The fraction of sp³-hybridized carbons (Fsp3) is 0.944. The number of ketones is 1. The van der Waals surface area contributed by atoms with E-state index in [1.807, 2.05) is 0 Å². The van der Waals surface area contributed by atoms with E-state index in [1.165, 1.54) is 57.8 Å². The second kappa shape index (κ2) is 4.83. The number of likely N-dealkylation sites (tertiary alicyclic amines) is 1. The molecule has 4 saturated carbocycles. The maximum absolute atomic E-state index is 13.3. The highest BCUT2D eigenvalue weighted by Gasteiger charge is 2.55. The minimum absolute atomic E-state index is 0.103. The molecule has 5 fully saturated rings. The zero-order chi connectivity index (χ0) is 13.7. The van der Waals surface area contributed by atoms with Crippen LogP contribution in [0.1, 0.15) is 64.7 Å². The molecule has 5 aliphatic rings. The van der Waals surface area contributed by atoms with Crippen LogP contribution in [0.3, 0.4) is 0 Å². The molecule has 4 aliphatic carbocycles. The zero-order valence-electron chi connectivity index (χ0n) is 12.9. The summed E-state index contributed by atoms with van der Waals surface area (Å²) in [4.78, 5) is 15.7. The van der Waals surface area contributed by atoms with Gasteiger partial charge in [-0.25, -0.2) is 0 Å². The van der Waals surface area contributed by atoms with E-state index >= 15 is 0 Å². The molecular formula is C18H29NO. The molecule has 1 heterocycles. The van der Waals surface area contributed by atoms with Crippen molar-refractivity contribution in [3.8, 4) is 0 Å². The average molecular weight is 275 g/mol. The molecule has 0 radical (unpaired) electrons. The van der Waals surface area contributed by atoms with Crippen LogP contribution < -0.4 is 0 Å². The Labute approximate surface area is 123 Å². The van der Waals surface area contributed by atoms with Crippen LogP contribution in [0.4, 0.5) is 0 Å². The summed E-state index contributed by atoms with van der Waals surface area (Å²) in [7, 11) is 0. The SMILES string of the molecule is CC(C(=O)C12CC3CC(CC(C3)C1)C2)N1CCCCC1. The molecule has 0 aromatic heterocycles. The molecule has 2 heteroatoms. The molecule has 0 aromatic carbocycles. The fourth-order valence-corrected chi connectivity index (χ4v) is 6.33. The van der Waals surface area contributed by atoms with E-state index in [1.54, 1.807) is 0 Å². The Morgan fingerprint density at radius 3 is 1.95 bits per heavy atom. The lowest BCUT2D eigenvalue weighted by molar-refractivity contribution is -0.149. The predicted molar refractivity (Wildman–Crippen MR) is 80.5 cm³/mol. The van der Waals surface area contributed by atoms with E-state index in [2.05, 4.69) is 11.8 Å². The molecule has 0 aromatic rings. The number of nitrogens with zero attached hydrogens (tertiary/aromatic N) is 1. The van der Waals surface area contributed by atoms with Crippen LogP contribution in [0, 0.1) is 23.2 Å². The van der Waals surface area contributed by atoms with Gasteiger partial charge in [-0.1, -0.05) is 6.42 Å². The Morgan fingerprint density at radius 1 is 0.950 bits per heavy atom. The molecule has 2 nitrogen and oxygen atoms in total. The number of carbonyl (C=O) groups is 1. The van der Waals surface area contributed by atoms with Crippen molar-refractivity contribution in [2.24, 2.45) is 23.2 Å². The Balaban J connectivity index is 1.52. The first-order valence-corrected chi connectivity index (χ1v) is 8.95. The van der Waals surface area contributed by atoms with Crippen LogP contribution in [-0.4, -0.2) is 29.8 Å². The zero-order valence-corrected chi connectivity index (χ0v) is 12.9. The largest absolute Gasteiger partial charge is 0.297 e. The molecule has 0 amide bonds. The smallest absolute Gasteiger partial charge is 0.155 e. The first-order chi connectivity index (χ1) is 9.66. The predicted octanol–water partition coefficient (Wildman–Crippen LogP) is 3.65. The molecule has 0 N–H and O–H groups in total. The monoisotopic (exact) mass is 275 g/mol. The molecule has 0 spiro atoms. The fourth-order valence-electron chi connectivity index (χ4n) is 6.33. The number of hydrogen-bond donors (Lipinski definition) is 0. The number of piperidine rings is 1. The van der Waals surface area contributed by atoms with Gasteiger partial charge in [0.15, 0.2) is 5.78 Å². The van der Waals surface area contributed by atoms with Crippen molar-refractivity contribution in [2.75, 3.05) is 13.1 Å². The second-order valence-corrected chi connectivity index (χ2v) is 8.33. The first kappa shape index (κ1) is 13.3. The lowest BCUT2D eigenvalue weighted by atomic mass is 9.48. The van der Waals surface area contributed by atoms with E-state index in [9.17, 15) is 4.79 Å². The number of carbonyl (C=O) groups excluding carboxylic acids is 1. The normalized spacial score (nSPS) is 45.5. The number of rotatable bonds is 3. The summed E-state index contributed by atoms with van der Waals surface area (Å²) < 4.78 is 0. The van der Waals surface area contributed by atoms with Gasteiger partial charge in [-0.3, -0.25) is 9.69 Å². The van der Waals surface area contributed by atoms with Gasteiger partial charge in [0.1, 0.15) is 0 Å². The van der Waals surface area contributed by atoms with Crippen LogP contribution in [-0.2, 0) is 4.79 Å². The van der Waals surface area contributed by atoms with Crippen molar-refractivity contribution < 1.29 is 4.79 Å². The minimum Gasteiger partial charge on any atom is -0.297 e. The van der Waals surface area contributed by atoms with Crippen molar-refractivity contribution in [3.63, 3.8) is 0 Å². The molecule has 1 unspecified atom stereocenters. The molecule has 1 saturated heterocycles. The van der Waals surface area contributed by atoms with Crippen molar-refractivity contribution in [3.05, 3.63) is 0 Å². The molecule has 112 valence electrons. The third-order valence-corrected chi connectivity index (χ3v) is 6.88. The summed E-state index contributed by atoms with van der Waals surface area (Å²) in [6, 6.07) is 0.187. The van der Waals surface area contributed by atoms with Crippen LogP contribution in [0.25, 0.3) is 0 Å². The standard InChI is InChI=1S/C18H29NO/c1-13(19-5-3-2-4-6-19)17(20)18-10-14-7-15(11-18)9-16(8-14)12-18/h13-16H,2-12H2,1H3. The maximum Gasteiger partial charge on any atom is 0.155 e. The third-order valence-electron chi connectivity index (χ3n) is 6.88. The summed E-state index contributed by atoms with van der Waals surface area (Å²) >= 11 is 0. The van der Waals surface area contributed by atoms with Crippen LogP contribution in [0.5, 0.6) is 0 Å². The van der Waals surface area contributed by atoms with Crippen LogP contribution in [0.15, 0.2) is 0 Å². The van der Waals surface area contributed by atoms with Gasteiger partial charge in [-0.05, 0) is 89.1 Å². The van der Waals surface area contributed by atoms with Gasteiger partial charge < -0.3 is 0 Å². The van der Waals surface area contributed by atoms with Crippen molar-refractivity contribution in [1.29, 1.82) is 0 Å². The average Bonchev–Trinajstić information content (AvgIpc) is 2.45. The molecular weight excluding hydrogens is 246 g/mol. The Bertz CT molecular complexity index is 361. The van der Waals surface area contributed by atoms with E-state index in [-0.39, 0.29) is 11.5 Å². The van der Waals surface area contributed by atoms with Crippen molar-refractivity contribution >= 4 is 5.78 Å². The first-order valence-electron chi connectivity index (χ1n) is 8.95. The van der Waals surface area contributed by atoms with Gasteiger partial charge in [-0.15, -0.1) is 0 Å². The lowest BCUT2D eigenvalue weighted by Crippen LogP contribution is -2.55. The molecule has 1 aliphatic heterocycles. The van der Waals surface area contributed by atoms with Crippen LogP contribution >= 0.6 is 0 Å². The molecule has 5 rings (SSSR count). The minimum atomic E-state index is 0.103. The highest BCUT2D eigenvalue weighted by Crippen LogP contribution is 2.60.